The molecular weight excluding hydrogens is 1580 g/mol. The third-order valence-corrected chi connectivity index (χ3v) is 21.7. The molecule has 9 rings (SSSR count). The van der Waals surface area contributed by atoms with Gasteiger partial charge in [0.05, 0.1) is 12.1 Å². The molecule has 123 heavy (non-hydrogen) atoms. The van der Waals surface area contributed by atoms with Gasteiger partial charge in [-0.25, -0.2) is 4.79 Å². The number of carbonyl (C=O) groups is 11. The Kier molecular flexibility index (Phi) is 36.7. The van der Waals surface area contributed by atoms with Crippen molar-refractivity contribution in [2.75, 3.05) is 32.7 Å². The maximum absolute atomic E-state index is 16.8. The molecule has 0 spiro atoms. The summed E-state index contributed by atoms with van der Waals surface area (Å²) in [5, 5.41) is 75.3. The number of phenolic OH excluding ortho intramolecular Hbond substituents is 2. The summed E-state index contributed by atoms with van der Waals surface area (Å²) in [5.41, 5.74) is 42.6. The van der Waals surface area contributed by atoms with Crippen molar-refractivity contribution in [2.24, 2.45) is 34.4 Å². The van der Waals surface area contributed by atoms with Crippen LogP contribution in [0.5, 0.6) is 11.5 Å². The minimum absolute atomic E-state index is 0.00210. The number of aromatic hydroxyl groups is 2. The number of carbonyl (C=O) groups excluding carboxylic acids is 10. The number of amides is 10. The summed E-state index contributed by atoms with van der Waals surface area (Å²) >= 11 is 0. The molecule has 6 aromatic carbocycles. The molecule has 0 bridgehead atoms. The fourth-order valence-electron chi connectivity index (χ4n) is 14.8. The Hall–Kier alpha value is -12.3. The first kappa shape index (κ1) is 94.5. The number of fused-ring (bicyclic) bond motifs is 3. The summed E-state index contributed by atoms with van der Waals surface area (Å²) in [6, 6.07) is 22.4. The second-order valence-corrected chi connectivity index (χ2v) is 30.9. The average molecular weight is 1690 g/mol. The Bertz CT molecular complexity index is 4860. The number of nitrogens with one attached hydrogen (secondary N) is 11. The lowest BCUT2D eigenvalue weighted by Gasteiger charge is -2.36. The van der Waals surface area contributed by atoms with Gasteiger partial charge >= 0.3 is 13.1 Å². The maximum atomic E-state index is 16.8. The third-order valence-electron chi connectivity index (χ3n) is 21.7. The van der Waals surface area contributed by atoms with Gasteiger partial charge in [-0.15, -0.1) is 0 Å². The van der Waals surface area contributed by atoms with Crippen LogP contribution in [-0.4, -0.2) is 211 Å². The molecule has 10 atom stereocenters. The number of imide groups is 1. The molecule has 0 fully saturated rings. The monoisotopic (exact) mass is 1690 g/mol. The largest absolute Gasteiger partial charge is 0.508 e. The van der Waals surface area contributed by atoms with E-state index >= 15 is 33.6 Å². The SMILES string of the molecule is NCCCC[C@H](NC(=O)[C@@H](N)Cc1c[nH]c2ccccc12)C(=O)N[C@@H](CCCCN)C(=O)N(C(=O)[C@H](CCCCN)NC(=O)[C@H](CCCCN)NC(=O)[C@@H](N)Cc1c[nH]c2ccccc12)[C@@H](CCCCNC(=O)c1ccc(B(O)O)cc1)C(=O)N[C@@H](Cc1ccc(O)cc1)C(=O)N[C@@H](Cc1c[nH]c2ccccc12)C(=O)N[C@@H](Cc1ccc(O)cc1)C(=O)O. The highest BCUT2D eigenvalue weighted by molar-refractivity contribution is 6.58. The Balaban J connectivity index is 1.15. The van der Waals surface area contributed by atoms with Crippen LogP contribution in [-0.2, 0) is 80.0 Å². The number of aliphatic carboxylic acids is 1. The number of carboxylic acid groups (broad SMARTS) is 1. The van der Waals surface area contributed by atoms with E-state index in [0.29, 0.717) is 56.5 Å². The molecule has 656 valence electrons. The zero-order valence-electron chi connectivity index (χ0n) is 68.8. The number of carboxylic acids is 1. The summed E-state index contributed by atoms with van der Waals surface area (Å²) in [7, 11) is -1.83. The highest BCUT2D eigenvalue weighted by Gasteiger charge is 2.44. The number of rotatable bonds is 51. The number of para-hydroxylation sites is 3. The number of hydrogen-bond acceptors (Lipinski definition) is 21. The van der Waals surface area contributed by atoms with Crippen LogP contribution in [0.15, 0.2) is 164 Å². The van der Waals surface area contributed by atoms with Gasteiger partial charge in [-0.3, -0.25) is 52.8 Å². The van der Waals surface area contributed by atoms with Gasteiger partial charge in [0.15, 0.2) is 0 Å². The van der Waals surface area contributed by atoms with Crippen LogP contribution >= 0.6 is 0 Å². The Morgan fingerprint density at radius 1 is 0.366 bits per heavy atom. The number of aromatic amines is 3. The van der Waals surface area contributed by atoms with Crippen molar-refractivity contribution in [2.45, 2.75) is 189 Å². The number of benzene rings is 6. The van der Waals surface area contributed by atoms with Gasteiger partial charge < -0.3 is 117 Å². The Morgan fingerprint density at radius 3 is 1.11 bits per heavy atom. The lowest BCUT2D eigenvalue weighted by atomic mass is 9.80. The number of phenols is 2. The van der Waals surface area contributed by atoms with Gasteiger partial charge in [0.1, 0.15) is 59.8 Å². The standard InChI is InChI=1S/C88H115BN18O16/c90-40-12-7-23-70(100-79(111)65(94)47-56-50-97-67-20-4-1-17-62(56)67)81(113)102-72(25-9-14-42-92)86(118)107(87(119)73(26-10-15-43-93)103-82(114)71(24-8-13-41-91)101-80(112)66(95)48-57-51-98-68-21-5-2-18-63(57)68)77(27-11-16-44-96-78(110)55-32-34-59(35-33-55)89(122)123)85(117)105-74(45-53-28-36-60(108)37-29-53)83(115)104-75(49-58-52-99-69-22-6-3-19-64(58)69)84(116)106-76(88(120)121)46-54-30-38-61(109)39-31-54/h1-6,17-22,28-39,50-52,65-66,70-77,97-99,108-109,122-123H,7-16,23-27,40-49,90-95H2,(H,96,110)(H,100,111)(H,101,112)(H,102,113)(H,103,114)(H,104,115)(H,105,117)(H,106,116)(H,120,121)/t65-,66-,70-,71-,72-,73-,74-,75-,76-,77-/m0/s1. The van der Waals surface area contributed by atoms with Crippen LogP contribution in [0.3, 0.4) is 0 Å². The minimum atomic E-state index is -2.08. The molecule has 0 aliphatic heterocycles. The molecular formula is C88H115BN18O16. The summed E-state index contributed by atoms with van der Waals surface area (Å²) in [4.78, 5) is 178. The predicted molar refractivity (Wildman–Crippen MR) is 466 cm³/mol. The highest BCUT2D eigenvalue weighted by atomic mass is 16.4. The maximum Gasteiger partial charge on any atom is 0.488 e. The van der Waals surface area contributed by atoms with E-state index in [1.807, 2.05) is 48.5 Å². The van der Waals surface area contributed by atoms with E-state index in [4.69, 9.17) is 34.4 Å². The molecule has 10 amide bonds. The van der Waals surface area contributed by atoms with E-state index in [-0.39, 0.29) is 158 Å². The molecule has 0 unspecified atom stereocenters. The van der Waals surface area contributed by atoms with Crippen LogP contribution < -0.4 is 82.4 Å². The smallest absolute Gasteiger partial charge is 0.488 e. The van der Waals surface area contributed by atoms with Crippen molar-refractivity contribution in [3.8, 4) is 11.5 Å². The van der Waals surface area contributed by atoms with Gasteiger partial charge in [-0.05, 0) is 223 Å². The topological polar surface area (TPSA) is 592 Å². The number of H-pyrrole nitrogens is 3. The van der Waals surface area contributed by atoms with Crippen molar-refractivity contribution in [3.63, 3.8) is 0 Å². The van der Waals surface area contributed by atoms with Gasteiger partial charge in [-0.2, -0.15) is 0 Å². The van der Waals surface area contributed by atoms with Crippen molar-refractivity contribution in [3.05, 3.63) is 198 Å². The van der Waals surface area contributed by atoms with Crippen molar-refractivity contribution >= 4 is 110 Å². The quantitative estimate of drug-likeness (QED) is 0.0191. The third kappa shape index (κ3) is 27.8. The normalized spacial score (nSPS) is 13.8. The molecule has 0 aliphatic rings. The summed E-state index contributed by atoms with van der Waals surface area (Å²) in [5.74, 6) is -11.4. The van der Waals surface area contributed by atoms with Crippen LogP contribution in [0.1, 0.15) is 134 Å². The van der Waals surface area contributed by atoms with Gasteiger partial charge in [0.2, 0.25) is 41.4 Å². The fraction of sp³-hybridized carbons (Fsp3) is 0.398. The van der Waals surface area contributed by atoms with Crippen molar-refractivity contribution in [1.82, 2.24) is 62.4 Å². The lowest BCUT2D eigenvalue weighted by Crippen LogP contribution is -2.65. The first-order valence-electron chi connectivity index (χ1n) is 41.8. The zero-order valence-corrected chi connectivity index (χ0v) is 68.8. The van der Waals surface area contributed by atoms with Crippen molar-refractivity contribution < 1.29 is 78.1 Å². The molecule has 35 heteroatoms. The minimum Gasteiger partial charge on any atom is -0.508 e. The van der Waals surface area contributed by atoms with Gasteiger partial charge in [-0.1, -0.05) is 91.0 Å². The van der Waals surface area contributed by atoms with E-state index in [1.165, 1.54) is 72.8 Å². The first-order valence-corrected chi connectivity index (χ1v) is 41.8. The van der Waals surface area contributed by atoms with E-state index < -0.39 is 145 Å². The van der Waals surface area contributed by atoms with Gasteiger partial charge in [0.25, 0.3) is 17.7 Å². The highest BCUT2D eigenvalue weighted by Crippen LogP contribution is 2.26. The number of aromatic nitrogens is 3. The lowest BCUT2D eigenvalue weighted by molar-refractivity contribution is -0.156. The molecule has 0 radical (unpaired) electrons. The van der Waals surface area contributed by atoms with Crippen LogP contribution in [0, 0.1) is 0 Å². The Labute approximate surface area is 712 Å². The van der Waals surface area contributed by atoms with Crippen molar-refractivity contribution in [1.29, 1.82) is 0 Å². The summed E-state index contributed by atoms with van der Waals surface area (Å²) in [6.45, 7) is 0.409. The number of nitrogens with zero attached hydrogens (tertiary/aromatic N) is 1. The second kappa shape index (κ2) is 47.8. The molecule has 0 saturated heterocycles. The summed E-state index contributed by atoms with van der Waals surface area (Å²) in [6.07, 6.45) is 4.77. The van der Waals surface area contributed by atoms with Crippen LogP contribution in [0.4, 0.5) is 0 Å². The Morgan fingerprint density at radius 2 is 0.707 bits per heavy atom. The number of nitrogens with two attached hydrogens (primary N) is 6. The molecule has 3 aromatic heterocycles. The first-order chi connectivity index (χ1) is 59.3. The molecule has 9 aromatic rings. The van der Waals surface area contributed by atoms with E-state index in [9.17, 15) is 44.5 Å². The van der Waals surface area contributed by atoms with Crippen LogP contribution in [0.25, 0.3) is 32.7 Å². The average Bonchev–Trinajstić information content (AvgIpc) is 1.20. The summed E-state index contributed by atoms with van der Waals surface area (Å²) < 4.78 is 0. The van der Waals surface area contributed by atoms with Gasteiger partial charge in [0, 0.05) is 82.7 Å². The molecule has 0 aliphatic carbocycles. The van der Waals surface area contributed by atoms with E-state index in [0.717, 1.165) is 21.8 Å². The van der Waals surface area contributed by atoms with E-state index in [1.54, 1.807) is 42.9 Å². The zero-order chi connectivity index (χ0) is 88.5. The molecule has 28 N–H and O–H groups in total. The van der Waals surface area contributed by atoms with Crippen LogP contribution in [0.2, 0.25) is 0 Å². The second-order valence-electron chi connectivity index (χ2n) is 30.9. The molecule has 0 saturated carbocycles. The predicted octanol–water partition coefficient (Wildman–Crippen LogP) is 1.71. The van der Waals surface area contributed by atoms with E-state index in [2.05, 4.69) is 57.5 Å². The number of unbranched alkanes of at least 4 members (excludes halogenated alkanes) is 5. The fourth-order valence-corrected chi connectivity index (χ4v) is 14.8. The molecule has 34 nitrogen and oxygen atoms in total. The number of hydrogen-bond donors (Lipinski definition) is 22. The molecule has 3 heterocycles.